The largest absolute Gasteiger partial charge is 0.357 e. The lowest BCUT2D eigenvalue weighted by atomic mass is 10.2. The number of benzene rings is 1. The van der Waals surface area contributed by atoms with Gasteiger partial charge in [-0.25, -0.2) is 4.98 Å². The van der Waals surface area contributed by atoms with Gasteiger partial charge >= 0.3 is 0 Å². The SMILES string of the molecule is CCNC(=NCCn1ccnc1)N1CCN(Cc2ccccc2)CC1. The highest BCUT2D eigenvalue weighted by atomic mass is 15.3. The monoisotopic (exact) mass is 340 g/mol. The molecule has 0 aliphatic carbocycles. The van der Waals surface area contributed by atoms with Crippen LogP contribution in [0.2, 0.25) is 0 Å². The first kappa shape index (κ1) is 17.5. The first-order chi connectivity index (χ1) is 12.3. The van der Waals surface area contributed by atoms with Gasteiger partial charge in [0.1, 0.15) is 0 Å². The fraction of sp³-hybridized carbons (Fsp3) is 0.474. The molecule has 0 unspecified atom stereocenters. The summed E-state index contributed by atoms with van der Waals surface area (Å²) in [6.45, 7) is 9.86. The second-order valence-corrected chi connectivity index (χ2v) is 6.28. The van der Waals surface area contributed by atoms with E-state index in [0.717, 1.165) is 58.3 Å². The number of imidazole rings is 1. The Balaban J connectivity index is 1.49. The lowest BCUT2D eigenvalue weighted by Crippen LogP contribution is -2.52. The van der Waals surface area contributed by atoms with Crippen molar-refractivity contribution in [2.45, 2.75) is 20.0 Å². The van der Waals surface area contributed by atoms with E-state index in [9.17, 15) is 0 Å². The third kappa shape index (κ3) is 5.32. The Morgan fingerprint density at radius 2 is 1.96 bits per heavy atom. The summed E-state index contributed by atoms with van der Waals surface area (Å²) >= 11 is 0. The van der Waals surface area contributed by atoms with E-state index in [4.69, 9.17) is 4.99 Å². The van der Waals surface area contributed by atoms with Crippen molar-refractivity contribution < 1.29 is 0 Å². The lowest BCUT2D eigenvalue weighted by Gasteiger charge is -2.36. The molecule has 2 aromatic rings. The highest BCUT2D eigenvalue weighted by molar-refractivity contribution is 5.80. The van der Waals surface area contributed by atoms with Crippen molar-refractivity contribution >= 4 is 5.96 Å². The first-order valence-electron chi connectivity index (χ1n) is 9.10. The molecule has 1 aromatic carbocycles. The van der Waals surface area contributed by atoms with Crippen LogP contribution in [0.3, 0.4) is 0 Å². The molecular weight excluding hydrogens is 312 g/mol. The Labute approximate surface area is 150 Å². The topological polar surface area (TPSA) is 48.7 Å². The fourth-order valence-corrected chi connectivity index (χ4v) is 3.08. The Morgan fingerprint density at radius 3 is 2.64 bits per heavy atom. The molecule has 3 rings (SSSR count). The number of piperazine rings is 1. The molecule has 1 saturated heterocycles. The average molecular weight is 340 g/mol. The zero-order chi connectivity index (χ0) is 17.3. The van der Waals surface area contributed by atoms with Crippen LogP contribution in [0.25, 0.3) is 0 Å². The van der Waals surface area contributed by atoms with E-state index in [2.05, 4.69) is 61.9 Å². The highest BCUT2D eigenvalue weighted by Gasteiger charge is 2.19. The summed E-state index contributed by atoms with van der Waals surface area (Å²) in [7, 11) is 0. The number of nitrogens with one attached hydrogen (secondary N) is 1. The number of nitrogens with zero attached hydrogens (tertiary/aromatic N) is 5. The molecule has 134 valence electrons. The number of guanidine groups is 1. The van der Waals surface area contributed by atoms with E-state index < -0.39 is 0 Å². The Bertz CT molecular complexity index is 629. The van der Waals surface area contributed by atoms with Crippen LogP contribution in [-0.4, -0.2) is 64.6 Å². The van der Waals surface area contributed by atoms with E-state index >= 15 is 0 Å². The van der Waals surface area contributed by atoms with E-state index in [1.807, 2.05) is 12.5 Å². The van der Waals surface area contributed by atoms with Gasteiger partial charge < -0.3 is 14.8 Å². The molecule has 0 atom stereocenters. The number of rotatable bonds is 6. The van der Waals surface area contributed by atoms with E-state index in [-0.39, 0.29) is 0 Å². The van der Waals surface area contributed by atoms with Crippen molar-refractivity contribution in [3.05, 3.63) is 54.6 Å². The van der Waals surface area contributed by atoms with Crippen molar-refractivity contribution in [1.29, 1.82) is 0 Å². The summed E-state index contributed by atoms with van der Waals surface area (Å²) in [4.78, 5) is 13.7. The van der Waals surface area contributed by atoms with Gasteiger partial charge in [-0.1, -0.05) is 30.3 Å². The van der Waals surface area contributed by atoms with Crippen molar-refractivity contribution in [3.8, 4) is 0 Å². The smallest absolute Gasteiger partial charge is 0.194 e. The molecule has 1 aliphatic rings. The minimum Gasteiger partial charge on any atom is -0.357 e. The van der Waals surface area contributed by atoms with Crippen molar-refractivity contribution in [2.24, 2.45) is 4.99 Å². The fourth-order valence-electron chi connectivity index (χ4n) is 3.08. The van der Waals surface area contributed by atoms with Crippen LogP contribution < -0.4 is 5.32 Å². The lowest BCUT2D eigenvalue weighted by molar-refractivity contribution is 0.172. The number of hydrogen-bond donors (Lipinski definition) is 1. The van der Waals surface area contributed by atoms with Gasteiger partial charge in [-0.2, -0.15) is 0 Å². The Kier molecular flexibility index (Phi) is 6.45. The van der Waals surface area contributed by atoms with Gasteiger partial charge in [0.2, 0.25) is 0 Å². The number of aromatic nitrogens is 2. The third-order valence-corrected chi connectivity index (χ3v) is 4.43. The average Bonchev–Trinajstić information content (AvgIpc) is 3.16. The molecule has 25 heavy (non-hydrogen) atoms. The maximum atomic E-state index is 4.79. The maximum absolute atomic E-state index is 4.79. The molecule has 1 aliphatic heterocycles. The summed E-state index contributed by atoms with van der Waals surface area (Å²) in [6, 6.07) is 10.7. The molecule has 0 saturated carbocycles. The maximum Gasteiger partial charge on any atom is 0.194 e. The molecular formula is C19H28N6. The number of aliphatic imine (C=N–C) groups is 1. The summed E-state index contributed by atoms with van der Waals surface area (Å²) < 4.78 is 2.06. The van der Waals surface area contributed by atoms with Gasteiger partial charge in [-0.05, 0) is 12.5 Å². The molecule has 0 amide bonds. The van der Waals surface area contributed by atoms with Crippen molar-refractivity contribution in [3.63, 3.8) is 0 Å². The minimum atomic E-state index is 0.767. The summed E-state index contributed by atoms with van der Waals surface area (Å²) in [5.41, 5.74) is 1.39. The second-order valence-electron chi connectivity index (χ2n) is 6.28. The molecule has 2 heterocycles. The quantitative estimate of drug-likeness (QED) is 0.642. The summed E-state index contributed by atoms with van der Waals surface area (Å²) in [5, 5.41) is 3.43. The first-order valence-corrected chi connectivity index (χ1v) is 9.10. The van der Waals surface area contributed by atoms with Gasteiger partial charge in [0, 0.05) is 58.2 Å². The van der Waals surface area contributed by atoms with E-state index in [1.165, 1.54) is 5.56 Å². The molecule has 0 radical (unpaired) electrons. The van der Waals surface area contributed by atoms with Crippen LogP contribution in [0.1, 0.15) is 12.5 Å². The van der Waals surface area contributed by atoms with Crippen LogP contribution in [0.15, 0.2) is 54.0 Å². The summed E-state index contributed by atoms with van der Waals surface area (Å²) in [6.07, 6.45) is 5.62. The van der Waals surface area contributed by atoms with Crippen LogP contribution in [0, 0.1) is 0 Å². The van der Waals surface area contributed by atoms with Crippen LogP contribution in [0.5, 0.6) is 0 Å². The van der Waals surface area contributed by atoms with Crippen LogP contribution in [-0.2, 0) is 13.1 Å². The molecule has 1 aromatic heterocycles. The van der Waals surface area contributed by atoms with Crippen molar-refractivity contribution in [1.82, 2.24) is 24.7 Å². The predicted molar refractivity (Wildman–Crippen MR) is 101 cm³/mol. The van der Waals surface area contributed by atoms with Gasteiger partial charge in [-0.3, -0.25) is 9.89 Å². The van der Waals surface area contributed by atoms with Gasteiger partial charge in [0.05, 0.1) is 12.9 Å². The minimum absolute atomic E-state index is 0.767. The zero-order valence-corrected chi connectivity index (χ0v) is 15.0. The molecule has 0 bridgehead atoms. The van der Waals surface area contributed by atoms with Gasteiger partial charge in [0.25, 0.3) is 0 Å². The van der Waals surface area contributed by atoms with E-state index in [0.29, 0.717) is 0 Å². The van der Waals surface area contributed by atoms with Crippen LogP contribution in [0.4, 0.5) is 0 Å². The van der Waals surface area contributed by atoms with Gasteiger partial charge in [0.15, 0.2) is 5.96 Å². The molecule has 6 nitrogen and oxygen atoms in total. The second kappa shape index (κ2) is 9.22. The summed E-state index contributed by atoms with van der Waals surface area (Å²) in [5.74, 6) is 1.03. The van der Waals surface area contributed by atoms with E-state index in [1.54, 1.807) is 6.20 Å². The van der Waals surface area contributed by atoms with Crippen LogP contribution >= 0.6 is 0 Å². The van der Waals surface area contributed by atoms with Gasteiger partial charge in [-0.15, -0.1) is 0 Å². The molecule has 0 spiro atoms. The Hall–Kier alpha value is -2.34. The predicted octanol–water partition coefficient (Wildman–Crippen LogP) is 1.67. The van der Waals surface area contributed by atoms with Crippen molar-refractivity contribution in [2.75, 3.05) is 39.3 Å². The normalized spacial score (nSPS) is 16.2. The molecule has 6 heteroatoms. The zero-order valence-electron chi connectivity index (χ0n) is 15.0. The molecule has 1 fully saturated rings. The molecule has 1 N–H and O–H groups in total. The highest BCUT2D eigenvalue weighted by Crippen LogP contribution is 2.08. The third-order valence-electron chi connectivity index (χ3n) is 4.43. The number of hydrogen-bond acceptors (Lipinski definition) is 3. The standard InChI is InChI=1S/C19H28N6/c1-2-21-19(22-9-11-24-10-8-20-17-24)25-14-12-23(13-15-25)16-18-6-4-3-5-7-18/h3-8,10,17H,2,9,11-16H2,1H3,(H,21,22). The Morgan fingerprint density at radius 1 is 1.16 bits per heavy atom.